The molecule has 3 heteroatoms. The SMILES string of the molecule is CC(=N)C1=C(C)[C@@H]([C@H]2CC[C@@H](O)C2)CC=N1. The van der Waals surface area contributed by atoms with Crippen molar-refractivity contribution in [1.82, 2.24) is 0 Å². The zero-order valence-corrected chi connectivity index (χ0v) is 10.0. The van der Waals surface area contributed by atoms with Gasteiger partial charge >= 0.3 is 0 Å². The third-order valence-electron chi connectivity index (χ3n) is 3.88. The van der Waals surface area contributed by atoms with Crippen molar-refractivity contribution in [3.05, 3.63) is 11.3 Å². The van der Waals surface area contributed by atoms with Crippen molar-refractivity contribution in [2.24, 2.45) is 16.8 Å². The standard InChI is InChI=1S/C13H20N2O/c1-8-12(10-3-4-11(16)7-10)5-6-15-13(8)9(2)14/h6,10-12,14,16H,3-5,7H2,1-2H3/t10-,11+,12-/m0/s1. The Bertz CT molecular complexity index is 357. The molecule has 0 bridgehead atoms. The second kappa shape index (κ2) is 4.50. The zero-order chi connectivity index (χ0) is 11.7. The van der Waals surface area contributed by atoms with E-state index < -0.39 is 0 Å². The molecule has 2 aliphatic rings. The summed E-state index contributed by atoms with van der Waals surface area (Å²) in [6.07, 6.45) is 5.77. The first kappa shape index (κ1) is 11.5. The van der Waals surface area contributed by atoms with E-state index in [9.17, 15) is 5.11 Å². The van der Waals surface area contributed by atoms with Gasteiger partial charge in [0.1, 0.15) is 0 Å². The Kier molecular flexibility index (Phi) is 3.24. The van der Waals surface area contributed by atoms with E-state index in [-0.39, 0.29) is 6.10 Å². The van der Waals surface area contributed by atoms with Crippen LogP contribution < -0.4 is 0 Å². The molecule has 2 rings (SSSR count). The fourth-order valence-corrected chi connectivity index (χ4v) is 3.01. The average molecular weight is 220 g/mol. The molecule has 3 atom stereocenters. The highest BCUT2D eigenvalue weighted by atomic mass is 16.3. The van der Waals surface area contributed by atoms with Gasteiger partial charge in [0.2, 0.25) is 0 Å². The highest BCUT2D eigenvalue weighted by molar-refractivity contribution is 5.98. The number of rotatable bonds is 2. The highest BCUT2D eigenvalue weighted by Crippen LogP contribution is 2.39. The molecule has 3 nitrogen and oxygen atoms in total. The van der Waals surface area contributed by atoms with Crippen LogP contribution in [0.5, 0.6) is 0 Å². The maximum atomic E-state index is 9.60. The lowest BCUT2D eigenvalue weighted by Crippen LogP contribution is -2.20. The van der Waals surface area contributed by atoms with E-state index in [1.54, 1.807) is 6.92 Å². The van der Waals surface area contributed by atoms with E-state index in [4.69, 9.17) is 5.41 Å². The van der Waals surface area contributed by atoms with E-state index in [1.165, 1.54) is 5.57 Å². The number of allylic oxidation sites excluding steroid dienone is 2. The first-order valence-electron chi connectivity index (χ1n) is 6.06. The summed E-state index contributed by atoms with van der Waals surface area (Å²) < 4.78 is 0. The molecule has 0 saturated heterocycles. The largest absolute Gasteiger partial charge is 0.393 e. The lowest BCUT2D eigenvalue weighted by molar-refractivity contribution is 0.173. The van der Waals surface area contributed by atoms with Gasteiger partial charge in [-0.15, -0.1) is 0 Å². The number of nitrogens with zero attached hydrogens (tertiary/aromatic N) is 1. The molecule has 2 N–H and O–H groups in total. The first-order chi connectivity index (χ1) is 7.59. The first-order valence-corrected chi connectivity index (χ1v) is 6.06. The molecule has 0 aromatic carbocycles. The third kappa shape index (κ3) is 2.09. The van der Waals surface area contributed by atoms with Crippen LogP contribution in [0.4, 0.5) is 0 Å². The van der Waals surface area contributed by atoms with Gasteiger partial charge in [0.25, 0.3) is 0 Å². The summed E-state index contributed by atoms with van der Waals surface area (Å²) in [7, 11) is 0. The normalized spacial score (nSPS) is 34.6. The minimum Gasteiger partial charge on any atom is -0.393 e. The van der Waals surface area contributed by atoms with E-state index in [2.05, 4.69) is 11.9 Å². The van der Waals surface area contributed by atoms with Crippen LogP contribution in [0.2, 0.25) is 0 Å². The van der Waals surface area contributed by atoms with Crippen LogP contribution in [0.15, 0.2) is 16.3 Å². The number of aliphatic hydroxyl groups is 1. The molecule has 1 aliphatic heterocycles. The van der Waals surface area contributed by atoms with Gasteiger partial charge in [-0.3, -0.25) is 4.99 Å². The molecule has 1 saturated carbocycles. The van der Waals surface area contributed by atoms with Crippen LogP contribution in [-0.4, -0.2) is 23.1 Å². The van der Waals surface area contributed by atoms with Crippen LogP contribution in [0.25, 0.3) is 0 Å². The molecule has 0 spiro atoms. The Labute approximate surface area is 96.8 Å². The summed E-state index contributed by atoms with van der Waals surface area (Å²) in [5.74, 6) is 1.07. The van der Waals surface area contributed by atoms with Gasteiger partial charge in [0.05, 0.1) is 17.5 Å². The van der Waals surface area contributed by atoms with Gasteiger partial charge in [-0.2, -0.15) is 0 Å². The summed E-state index contributed by atoms with van der Waals surface area (Å²) >= 11 is 0. The molecule has 0 aromatic heterocycles. The van der Waals surface area contributed by atoms with Crippen molar-refractivity contribution in [2.45, 2.75) is 45.6 Å². The molecular formula is C13H20N2O. The number of aliphatic hydroxyl groups excluding tert-OH is 1. The molecule has 1 fully saturated rings. The third-order valence-corrected chi connectivity index (χ3v) is 3.88. The lowest BCUT2D eigenvalue weighted by atomic mass is 9.80. The second-order valence-electron chi connectivity index (χ2n) is 5.04. The molecule has 16 heavy (non-hydrogen) atoms. The van der Waals surface area contributed by atoms with Gasteiger partial charge in [0.15, 0.2) is 0 Å². The summed E-state index contributed by atoms with van der Waals surface area (Å²) in [6.45, 7) is 3.89. The van der Waals surface area contributed by atoms with Crippen LogP contribution >= 0.6 is 0 Å². The topological polar surface area (TPSA) is 56.4 Å². The van der Waals surface area contributed by atoms with Gasteiger partial charge in [-0.25, -0.2) is 0 Å². The predicted octanol–water partition coefficient (Wildman–Crippen LogP) is 2.55. The average Bonchev–Trinajstić information content (AvgIpc) is 2.64. The summed E-state index contributed by atoms with van der Waals surface area (Å²) in [4.78, 5) is 4.32. The van der Waals surface area contributed by atoms with Crippen molar-refractivity contribution < 1.29 is 5.11 Å². The number of aliphatic imine (C=N–C) groups is 1. The Morgan fingerprint density at radius 1 is 1.50 bits per heavy atom. The molecular weight excluding hydrogens is 200 g/mol. The maximum absolute atomic E-state index is 9.60. The van der Waals surface area contributed by atoms with Crippen LogP contribution in [0.3, 0.4) is 0 Å². The number of nitrogens with one attached hydrogen (secondary N) is 1. The number of hydrogen-bond donors (Lipinski definition) is 2. The van der Waals surface area contributed by atoms with Gasteiger partial charge in [-0.1, -0.05) is 0 Å². The Hall–Kier alpha value is -0.960. The van der Waals surface area contributed by atoms with Crippen LogP contribution in [0, 0.1) is 17.2 Å². The molecule has 1 heterocycles. The highest BCUT2D eigenvalue weighted by Gasteiger charge is 2.32. The van der Waals surface area contributed by atoms with Crippen molar-refractivity contribution in [2.75, 3.05) is 0 Å². The second-order valence-corrected chi connectivity index (χ2v) is 5.04. The van der Waals surface area contributed by atoms with Gasteiger partial charge in [0, 0.05) is 6.21 Å². The predicted molar refractivity (Wildman–Crippen MR) is 66.0 cm³/mol. The van der Waals surface area contributed by atoms with E-state index in [0.717, 1.165) is 31.4 Å². The van der Waals surface area contributed by atoms with E-state index >= 15 is 0 Å². The molecule has 0 amide bonds. The molecule has 0 radical (unpaired) electrons. The Morgan fingerprint density at radius 2 is 2.25 bits per heavy atom. The van der Waals surface area contributed by atoms with Crippen LogP contribution in [-0.2, 0) is 0 Å². The monoisotopic (exact) mass is 220 g/mol. The van der Waals surface area contributed by atoms with Crippen molar-refractivity contribution in [3.63, 3.8) is 0 Å². The van der Waals surface area contributed by atoms with Crippen molar-refractivity contribution in [1.29, 1.82) is 5.41 Å². The smallest absolute Gasteiger partial charge is 0.0822 e. The maximum Gasteiger partial charge on any atom is 0.0822 e. The van der Waals surface area contributed by atoms with Crippen molar-refractivity contribution >= 4 is 11.9 Å². The molecule has 0 aromatic rings. The minimum absolute atomic E-state index is 0.110. The van der Waals surface area contributed by atoms with Gasteiger partial charge < -0.3 is 10.5 Å². The fourth-order valence-electron chi connectivity index (χ4n) is 3.01. The van der Waals surface area contributed by atoms with Crippen molar-refractivity contribution in [3.8, 4) is 0 Å². The van der Waals surface area contributed by atoms with Gasteiger partial charge in [-0.05, 0) is 56.9 Å². The molecule has 88 valence electrons. The summed E-state index contributed by atoms with van der Waals surface area (Å²) in [6, 6.07) is 0. The minimum atomic E-state index is -0.110. The molecule has 1 aliphatic carbocycles. The quantitative estimate of drug-likeness (QED) is 0.690. The van der Waals surface area contributed by atoms with Crippen LogP contribution in [0.1, 0.15) is 39.5 Å². The zero-order valence-electron chi connectivity index (χ0n) is 10.0. The Balaban J connectivity index is 2.18. The summed E-state index contributed by atoms with van der Waals surface area (Å²) in [5, 5.41) is 17.3. The summed E-state index contributed by atoms with van der Waals surface area (Å²) in [5.41, 5.74) is 2.66. The molecule has 0 unspecified atom stereocenters. The fraction of sp³-hybridized carbons (Fsp3) is 0.692. The lowest BCUT2D eigenvalue weighted by Gasteiger charge is -2.27. The van der Waals surface area contributed by atoms with E-state index in [0.29, 0.717) is 17.5 Å². The van der Waals surface area contributed by atoms with E-state index in [1.807, 2.05) is 6.21 Å². The Morgan fingerprint density at radius 3 is 2.81 bits per heavy atom. The number of hydrogen-bond acceptors (Lipinski definition) is 3.